The smallest absolute Gasteiger partial charge is 0.126 e. The Morgan fingerprint density at radius 3 is 2.33 bits per heavy atom. The van der Waals surface area contributed by atoms with Crippen LogP contribution in [-0.2, 0) is 0 Å². The summed E-state index contributed by atoms with van der Waals surface area (Å²) in [5, 5.41) is 0. The van der Waals surface area contributed by atoms with Crippen molar-refractivity contribution in [1.29, 1.82) is 0 Å². The van der Waals surface area contributed by atoms with E-state index in [1.54, 1.807) is 13.0 Å². The number of anilines is 1. The first-order chi connectivity index (χ1) is 8.32. The molecule has 0 saturated heterocycles. The number of halogens is 1. The van der Waals surface area contributed by atoms with Crippen LogP contribution in [0.25, 0.3) is 0 Å². The molecule has 102 valence electrons. The molecule has 0 fully saturated rings. The van der Waals surface area contributed by atoms with Gasteiger partial charge in [0.05, 0.1) is 0 Å². The van der Waals surface area contributed by atoms with Gasteiger partial charge in [0.25, 0.3) is 0 Å². The van der Waals surface area contributed by atoms with E-state index in [0.29, 0.717) is 5.56 Å². The number of nitrogens with two attached hydrogens (primary N) is 1. The lowest BCUT2D eigenvalue weighted by atomic mass is 10.0. The van der Waals surface area contributed by atoms with E-state index < -0.39 is 0 Å². The van der Waals surface area contributed by atoms with E-state index in [1.807, 2.05) is 34.1 Å². The lowest BCUT2D eigenvalue weighted by molar-refractivity contribution is 0.416. The topological polar surface area (TPSA) is 32.5 Å². The molecule has 0 radical (unpaired) electrons. The average Bonchev–Trinajstić information content (AvgIpc) is 2.28. The molecule has 3 nitrogen and oxygen atoms in total. The van der Waals surface area contributed by atoms with Crippen LogP contribution in [0.4, 0.5) is 10.1 Å². The summed E-state index contributed by atoms with van der Waals surface area (Å²) >= 11 is 0. The normalized spacial score (nSPS) is 12.9. The van der Waals surface area contributed by atoms with Crippen molar-refractivity contribution in [2.75, 3.05) is 39.1 Å². The largest absolute Gasteiger partial charge is 0.373 e. The molecule has 0 spiro atoms. The maximum atomic E-state index is 13.6. The Balaban J connectivity index is 3.02. The van der Waals surface area contributed by atoms with Crippen LogP contribution in [0.15, 0.2) is 12.1 Å². The van der Waals surface area contributed by atoms with Crippen molar-refractivity contribution >= 4 is 5.69 Å². The summed E-state index contributed by atoms with van der Waals surface area (Å²) in [6, 6.07) is 3.27. The Labute approximate surface area is 109 Å². The number of aryl methyl sites for hydroxylation is 1. The summed E-state index contributed by atoms with van der Waals surface area (Å²) in [6.45, 7) is 5.50. The monoisotopic (exact) mass is 253 g/mol. The molecular weight excluding hydrogens is 229 g/mol. The van der Waals surface area contributed by atoms with Gasteiger partial charge < -0.3 is 15.5 Å². The van der Waals surface area contributed by atoms with E-state index in [2.05, 4.69) is 9.80 Å². The second-order valence-corrected chi connectivity index (χ2v) is 5.17. The second kappa shape index (κ2) is 6.16. The van der Waals surface area contributed by atoms with Gasteiger partial charge in [-0.1, -0.05) is 0 Å². The summed E-state index contributed by atoms with van der Waals surface area (Å²) in [7, 11) is 6.09. The molecule has 0 bridgehead atoms. The summed E-state index contributed by atoms with van der Waals surface area (Å²) in [5.74, 6) is -0.188. The fourth-order valence-electron chi connectivity index (χ4n) is 1.85. The van der Waals surface area contributed by atoms with E-state index in [4.69, 9.17) is 5.73 Å². The first-order valence-electron chi connectivity index (χ1n) is 6.24. The molecule has 0 aliphatic heterocycles. The van der Waals surface area contributed by atoms with Crippen molar-refractivity contribution in [2.45, 2.75) is 19.9 Å². The van der Waals surface area contributed by atoms with Crippen LogP contribution in [0, 0.1) is 12.7 Å². The zero-order chi connectivity index (χ0) is 13.9. The fourth-order valence-corrected chi connectivity index (χ4v) is 1.85. The quantitative estimate of drug-likeness (QED) is 0.872. The molecule has 4 heteroatoms. The number of likely N-dealkylation sites (N-methyl/N-ethyl adjacent to an activating group) is 2. The Morgan fingerprint density at radius 1 is 1.22 bits per heavy atom. The minimum Gasteiger partial charge on any atom is -0.373 e. The molecule has 1 unspecified atom stereocenters. The lowest BCUT2D eigenvalue weighted by Crippen LogP contribution is -2.29. The molecule has 1 aromatic rings. The van der Waals surface area contributed by atoms with Gasteiger partial charge in [0.2, 0.25) is 0 Å². The minimum absolute atomic E-state index is 0.170. The van der Waals surface area contributed by atoms with Crippen molar-refractivity contribution in [3.05, 3.63) is 29.1 Å². The van der Waals surface area contributed by atoms with Gasteiger partial charge in [0.1, 0.15) is 5.82 Å². The van der Waals surface area contributed by atoms with Crippen LogP contribution in [0.5, 0.6) is 0 Å². The zero-order valence-electron chi connectivity index (χ0n) is 12.0. The number of hydrogen-bond donors (Lipinski definition) is 1. The van der Waals surface area contributed by atoms with Crippen LogP contribution < -0.4 is 10.6 Å². The molecule has 0 heterocycles. The lowest BCUT2D eigenvalue weighted by Gasteiger charge is -2.26. The molecule has 0 saturated carbocycles. The van der Waals surface area contributed by atoms with Crippen LogP contribution in [0.3, 0.4) is 0 Å². The van der Waals surface area contributed by atoms with E-state index in [1.165, 1.54) is 0 Å². The molecule has 0 aliphatic rings. The van der Waals surface area contributed by atoms with Gasteiger partial charge in [-0.3, -0.25) is 0 Å². The average molecular weight is 253 g/mol. The summed E-state index contributed by atoms with van der Waals surface area (Å²) in [5.41, 5.74) is 8.46. The Hall–Kier alpha value is -1.13. The molecule has 0 aromatic heterocycles. The first-order valence-corrected chi connectivity index (χ1v) is 6.24. The van der Waals surface area contributed by atoms with Gasteiger partial charge in [0, 0.05) is 31.9 Å². The highest BCUT2D eigenvalue weighted by molar-refractivity contribution is 5.56. The van der Waals surface area contributed by atoms with Gasteiger partial charge in [-0.2, -0.15) is 0 Å². The molecule has 1 rings (SSSR count). The summed E-state index contributed by atoms with van der Waals surface area (Å²) < 4.78 is 13.6. The third kappa shape index (κ3) is 3.68. The second-order valence-electron chi connectivity index (χ2n) is 5.17. The molecule has 1 aromatic carbocycles. The highest BCUT2D eigenvalue weighted by atomic mass is 19.1. The first kappa shape index (κ1) is 14.9. The SMILES string of the molecule is Cc1cc(N(C)CCN(C)C)c(C(C)N)cc1F. The predicted octanol–water partition coefficient (Wildman–Crippen LogP) is 2.15. The van der Waals surface area contributed by atoms with E-state index in [-0.39, 0.29) is 11.9 Å². The van der Waals surface area contributed by atoms with E-state index in [0.717, 1.165) is 24.3 Å². The Kier molecular flexibility index (Phi) is 5.11. The van der Waals surface area contributed by atoms with Crippen LogP contribution >= 0.6 is 0 Å². The van der Waals surface area contributed by atoms with Gasteiger partial charge in [-0.15, -0.1) is 0 Å². The molecule has 18 heavy (non-hydrogen) atoms. The molecule has 0 aliphatic carbocycles. The standard InChI is InChI=1S/C14H24FN3/c1-10-8-14(18(5)7-6-17(3)4)12(11(2)16)9-13(10)15/h8-9,11H,6-7,16H2,1-5H3. The Morgan fingerprint density at radius 2 is 1.83 bits per heavy atom. The third-order valence-corrected chi connectivity index (χ3v) is 3.09. The Bertz CT molecular complexity index is 402. The van der Waals surface area contributed by atoms with Gasteiger partial charge in [-0.05, 0) is 51.2 Å². The van der Waals surface area contributed by atoms with E-state index >= 15 is 0 Å². The van der Waals surface area contributed by atoms with Crippen molar-refractivity contribution in [1.82, 2.24) is 4.90 Å². The summed E-state index contributed by atoms with van der Waals surface area (Å²) in [4.78, 5) is 4.25. The molecule has 1 atom stereocenters. The number of nitrogens with zero attached hydrogens (tertiary/aromatic N) is 2. The van der Waals surface area contributed by atoms with Crippen molar-refractivity contribution in [2.24, 2.45) is 5.73 Å². The van der Waals surface area contributed by atoms with Crippen LogP contribution in [-0.4, -0.2) is 39.1 Å². The highest BCUT2D eigenvalue weighted by Gasteiger charge is 2.14. The van der Waals surface area contributed by atoms with Crippen molar-refractivity contribution in [3.63, 3.8) is 0 Å². The number of rotatable bonds is 5. The van der Waals surface area contributed by atoms with Crippen LogP contribution in [0.1, 0.15) is 24.1 Å². The van der Waals surface area contributed by atoms with Gasteiger partial charge in [-0.25, -0.2) is 4.39 Å². The predicted molar refractivity (Wildman–Crippen MR) is 75.6 cm³/mol. The van der Waals surface area contributed by atoms with Gasteiger partial charge in [0.15, 0.2) is 0 Å². The highest BCUT2D eigenvalue weighted by Crippen LogP contribution is 2.27. The van der Waals surface area contributed by atoms with Gasteiger partial charge >= 0.3 is 0 Å². The fraction of sp³-hybridized carbons (Fsp3) is 0.571. The van der Waals surface area contributed by atoms with Crippen LogP contribution in [0.2, 0.25) is 0 Å². The van der Waals surface area contributed by atoms with Crippen molar-refractivity contribution < 1.29 is 4.39 Å². The van der Waals surface area contributed by atoms with Crippen molar-refractivity contribution in [3.8, 4) is 0 Å². The zero-order valence-corrected chi connectivity index (χ0v) is 12.0. The third-order valence-electron chi connectivity index (χ3n) is 3.09. The molecule has 0 amide bonds. The maximum Gasteiger partial charge on any atom is 0.126 e. The molecular formula is C14H24FN3. The summed E-state index contributed by atoms with van der Waals surface area (Å²) in [6.07, 6.45) is 0. The number of benzene rings is 1. The number of hydrogen-bond acceptors (Lipinski definition) is 3. The maximum absolute atomic E-state index is 13.6. The minimum atomic E-state index is -0.188. The van der Waals surface area contributed by atoms with E-state index in [9.17, 15) is 4.39 Å². The molecule has 2 N–H and O–H groups in total.